The van der Waals surface area contributed by atoms with E-state index in [0.717, 1.165) is 5.56 Å². The second-order valence-corrected chi connectivity index (χ2v) is 7.31. The van der Waals surface area contributed by atoms with Gasteiger partial charge in [-0.25, -0.2) is 4.90 Å². The summed E-state index contributed by atoms with van der Waals surface area (Å²) in [5.74, 6) is -0.211. The van der Waals surface area contributed by atoms with Gasteiger partial charge in [0.2, 0.25) is 0 Å². The van der Waals surface area contributed by atoms with Crippen molar-refractivity contribution in [3.63, 3.8) is 0 Å². The molecule has 0 N–H and O–H groups in total. The molecule has 2 aromatic carbocycles. The summed E-state index contributed by atoms with van der Waals surface area (Å²) in [4.78, 5) is 30.1. The topological polar surface area (TPSA) is 59.1 Å². The first-order chi connectivity index (χ1) is 14.0. The summed E-state index contributed by atoms with van der Waals surface area (Å²) >= 11 is 6.26. The van der Waals surface area contributed by atoms with Gasteiger partial charge in [-0.15, -0.1) is 0 Å². The predicted octanol–water partition coefficient (Wildman–Crippen LogP) is 3.27. The molecule has 0 spiro atoms. The maximum absolute atomic E-state index is 13.5. The molecule has 1 fully saturated rings. The molecule has 29 heavy (non-hydrogen) atoms. The molecule has 2 aliphatic heterocycles. The van der Waals surface area contributed by atoms with E-state index in [4.69, 9.17) is 21.1 Å². The van der Waals surface area contributed by atoms with Crippen molar-refractivity contribution in [2.75, 3.05) is 38.3 Å². The first-order valence-corrected chi connectivity index (χ1v) is 9.76. The molecular formula is C22H21ClN2O4. The van der Waals surface area contributed by atoms with Crippen LogP contribution in [0.25, 0.3) is 5.57 Å². The summed E-state index contributed by atoms with van der Waals surface area (Å²) in [5.41, 5.74) is 2.63. The quantitative estimate of drug-likeness (QED) is 0.721. The van der Waals surface area contributed by atoms with Crippen LogP contribution in [0.5, 0.6) is 5.75 Å². The first kappa shape index (κ1) is 19.5. The fraction of sp³-hybridized carbons (Fsp3) is 0.273. The number of para-hydroxylation sites is 1. The number of hydrogen-bond donors (Lipinski definition) is 0. The average molecular weight is 413 g/mol. The minimum atomic E-state index is -0.388. The van der Waals surface area contributed by atoms with Crippen molar-refractivity contribution in [1.82, 2.24) is 4.90 Å². The van der Waals surface area contributed by atoms with Gasteiger partial charge in [-0.05, 0) is 30.7 Å². The third-order valence-electron chi connectivity index (χ3n) is 5.18. The highest BCUT2D eigenvalue weighted by Gasteiger charge is 2.43. The number of amides is 2. The minimum absolute atomic E-state index is 0.339. The molecule has 2 heterocycles. The molecule has 6 nitrogen and oxygen atoms in total. The monoisotopic (exact) mass is 412 g/mol. The Balaban J connectivity index is 1.87. The van der Waals surface area contributed by atoms with Crippen LogP contribution >= 0.6 is 11.6 Å². The number of morpholine rings is 1. The normalized spacial score (nSPS) is 17.3. The van der Waals surface area contributed by atoms with Gasteiger partial charge < -0.3 is 14.4 Å². The van der Waals surface area contributed by atoms with Crippen molar-refractivity contribution in [1.29, 1.82) is 0 Å². The van der Waals surface area contributed by atoms with Gasteiger partial charge >= 0.3 is 0 Å². The van der Waals surface area contributed by atoms with E-state index in [0.29, 0.717) is 59.6 Å². The highest BCUT2D eigenvalue weighted by atomic mass is 35.5. The van der Waals surface area contributed by atoms with Crippen molar-refractivity contribution >= 4 is 34.7 Å². The number of carbonyl (C=O) groups excluding carboxylic acids is 2. The second-order valence-electron chi connectivity index (χ2n) is 6.90. The number of hydrogen-bond acceptors (Lipinski definition) is 5. The molecular weight excluding hydrogens is 392 g/mol. The summed E-state index contributed by atoms with van der Waals surface area (Å²) in [6.07, 6.45) is 0. The van der Waals surface area contributed by atoms with Crippen molar-refractivity contribution in [2.24, 2.45) is 0 Å². The van der Waals surface area contributed by atoms with Gasteiger partial charge in [0.05, 0.1) is 31.6 Å². The lowest BCUT2D eigenvalue weighted by Gasteiger charge is -2.29. The van der Waals surface area contributed by atoms with Crippen LogP contribution in [0, 0.1) is 6.92 Å². The number of nitrogens with zero attached hydrogens (tertiary/aromatic N) is 2. The van der Waals surface area contributed by atoms with Crippen LogP contribution in [0.4, 0.5) is 5.69 Å². The molecule has 1 saturated heterocycles. The number of halogens is 1. The Morgan fingerprint density at radius 2 is 1.76 bits per heavy atom. The minimum Gasteiger partial charge on any atom is -0.496 e. The number of methoxy groups -OCH3 is 1. The van der Waals surface area contributed by atoms with E-state index in [-0.39, 0.29) is 11.8 Å². The Morgan fingerprint density at radius 1 is 1.03 bits per heavy atom. The Hall–Kier alpha value is -2.83. The fourth-order valence-electron chi connectivity index (χ4n) is 3.65. The molecule has 4 rings (SSSR count). The molecule has 0 aromatic heterocycles. The molecule has 7 heteroatoms. The number of imide groups is 1. The smallest absolute Gasteiger partial charge is 0.282 e. The SMILES string of the molecule is COc1ccccc1C1=C(N2CCOCC2)C(=O)N(c2ccc(C)c(Cl)c2)C1=O. The Morgan fingerprint density at radius 3 is 2.45 bits per heavy atom. The Labute approximate surface area is 174 Å². The molecule has 0 saturated carbocycles. The van der Waals surface area contributed by atoms with E-state index in [2.05, 4.69) is 0 Å². The average Bonchev–Trinajstić information content (AvgIpc) is 3.00. The molecule has 0 atom stereocenters. The Bertz CT molecular complexity index is 1010. The molecule has 2 aliphatic rings. The third kappa shape index (κ3) is 3.39. The van der Waals surface area contributed by atoms with Crippen LogP contribution in [-0.2, 0) is 14.3 Å². The van der Waals surface area contributed by atoms with Gasteiger partial charge in [0.1, 0.15) is 11.4 Å². The van der Waals surface area contributed by atoms with Crippen LogP contribution in [0.15, 0.2) is 48.2 Å². The number of rotatable bonds is 4. The summed E-state index contributed by atoms with van der Waals surface area (Å²) in [7, 11) is 1.55. The third-order valence-corrected chi connectivity index (χ3v) is 5.58. The zero-order valence-electron chi connectivity index (χ0n) is 16.3. The number of anilines is 1. The van der Waals surface area contributed by atoms with Crippen molar-refractivity contribution in [3.05, 3.63) is 64.3 Å². The molecule has 2 amide bonds. The maximum Gasteiger partial charge on any atom is 0.282 e. The van der Waals surface area contributed by atoms with Crippen LogP contribution in [-0.4, -0.2) is 50.1 Å². The van der Waals surface area contributed by atoms with Crippen LogP contribution in [0.2, 0.25) is 5.02 Å². The first-order valence-electron chi connectivity index (χ1n) is 9.38. The molecule has 0 bridgehead atoms. The van der Waals surface area contributed by atoms with Crippen LogP contribution in [0.3, 0.4) is 0 Å². The highest BCUT2D eigenvalue weighted by molar-refractivity contribution is 6.46. The van der Waals surface area contributed by atoms with E-state index in [9.17, 15) is 9.59 Å². The summed E-state index contributed by atoms with van der Waals surface area (Å²) < 4.78 is 10.9. The maximum atomic E-state index is 13.5. The number of carbonyl (C=O) groups is 2. The van der Waals surface area contributed by atoms with Gasteiger partial charge in [-0.1, -0.05) is 35.9 Å². The van der Waals surface area contributed by atoms with Gasteiger partial charge in [-0.3, -0.25) is 9.59 Å². The van der Waals surface area contributed by atoms with Crippen molar-refractivity contribution < 1.29 is 19.1 Å². The Kier molecular flexibility index (Phi) is 5.30. The van der Waals surface area contributed by atoms with Gasteiger partial charge in [0.25, 0.3) is 11.8 Å². The fourth-order valence-corrected chi connectivity index (χ4v) is 3.82. The molecule has 150 valence electrons. The molecule has 0 unspecified atom stereocenters. The summed E-state index contributed by atoms with van der Waals surface area (Å²) in [6.45, 7) is 3.95. The molecule has 0 aliphatic carbocycles. The van der Waals surface area contributed by atoms with E-state index >= 15 is 0 Å². The molecule has 0 radical (unpaired) electrons. The van der Waals surface area contributed by atoms with Gasteiger partial charge in [-0.2, -0.15) is 0 Å². The van der Waals surface area contributed by atoms with Crippen molar-refractivity contribution in [3.8, 4) is 5.75 Å². The lowest BCUT2D eigenvalue weighted by Crippen LogP contribution is -2.40. The van der Waals surface area contributed by atoms with E-state index in [1.807, 2.05) is 24.0 Å². The lowest BCUT2D eigenvalue weighted by molar-refractivity contribution is -0.121. The van der Waals surface area contributed by atoms with E-state index in [1.54, 1.807) is 37.4 Å². The number of ether oxygens (including phenoxy) is 2. The predicted molar refractivity (Wildman–Crippen MR) is 111 cm³/mol. The molecule has 2 aromatic rings. The second kappa shape index (κ2) is 7.89. The largest absolute Gasteiger partial charge is 0.496 e. The summed E-state index contributed by atoms with van der Waals surface area (Å²) in [6, 6.07) is 12.4. The zero-order chi connectivity index (χ0) is 20.5. The van der Waals surface area contributed by atoms with Crippen LogP contribution < -0.4 is 9.64 Å². The number of aryl methyl sites for hydroxylation is 1. The highest BCUT2D eigenvalue weighted by Crippen LogP contribution is 2.39. The van der Waals surface area contributed by atoms with Crippen LogP contribution in [0.1, 0.15) is 11.1 Å². The van der Waals surface area contributed by atoms with Crippen molar-refractivity contribution in [2.45, 2.75) is 6.92 Å². The summed E-state index contributed by atoms with van der Waals surface area (Å²) in [5, 5.41) is 0.502. The zero-order valence-corrected chi connectivity index (χ0v) is 17.0. The van der Waals surface area contributed by atoms with E-state index in [1.165, 1.54) is 4.90 Å². The van der Waals surface area contributed by atoms with E-state index < -0.39 is 0 Å². The van der Waals surface area contributed by atoms with Gasteiger partial charge in [0, 0.05) is 23.7 Å². The number of benzene rings is 2. The van der Waals surface area contributed by atoms with Gasteiger partial charge in [0.15, 0.2) is 0 Å². The lowest BCUT2D eigenvalue weighted by atomic mass is 10.0. The standard InChI is InChI=1S/C22H21ClN2O4/c1-14-7-8-15(13-17(14)23)25-21(26)19(16-5-3-4-6-18(16)28-2)20(22(25)27)24-9-11-29-12-10-24/h3-8,13H,9-12H2,1-2H3.